The summed E-state index contributed by atoms with van der Waals surface area (Å²) < 4.78 is 0. The molecule has 3 N–H and O–H groups in total. The molecule has 0 heterocycles. The maximum atomic E-state index is 11.8. The van der Waals surface area contributed by atoms with Gasteiger partial charge >= 0.3 is 0 Å². The van der Waals surface area contributed by atoms with Crippen LogP contribution in [0.3, 0.4) is 0 Å². The lowest BCUT2D eigenvalue weighted by Gasteiger charge is -2.13. The largest absolute Gasteiger partial charge is 0.348 e. The molecule has 1 atom stereocenters. The summed E-state index contributed by atoms with van der Waals surface area (Å²) in [5.41, 5.74) is 8.26. The molecule has 1 rings (SSSR count). The van der Waals surface area contributed by atoms with E-state index >= 15 is 0 Å². The van der Waals surface area contributed by atoms with Crippen LogP contribution in [0.15, 0.2) is 18.2 Å². The standard InChI is InChI=1S/C12H18N2O/c1-8-4-5-9(2)11(6-8)12(15)14-10(3)7-13/h4-6,10H,7,13H2,1-3H3,(H,14,15)/t10-/m0/s1. The van der Waals surface area contributed by atoms with Crippen LogP contribution in [0.1, 0.15) is 28.4 Å². The number of nitrogens with two attached hydrogens (primary N) is 1. The quantitative estimate of drug-likeness (QED) is 0.785. The number of rotatable bonds is 3. The number of amides is 1. The van der Waals surface area contributed by atoms with E-state index < -0.39 is 0 Å². The second-order valence-corrected chi connectivity index (χ2v) is 3.93. The molecular formula is C12H18N2O. The zero-order chi connectivity index (χ0) is 11.4. The number of hydrogen-bond donors (Lipinski definition) is 2. The first kappa shape index (κ1) is 11.7. The Kier molecular flexibility index (Phi) is 3.86. The summed E-state index contributed by atoms with van der Waals surface area (Å²) in [5, 5.41) is 2.85. The predicted octanol–water partition coefficient (Wildman–Crippen LogP) is 1.38. The van der Waals surface area contributed by atoms with E-state index in [1.165, 1.54) is 0 Å². The van der Waals surface area contributed by atoms with Gasteiger partial charge in [0.2, 0.25) is 0 Å². The number of carbonyl (C=O) groups is 1. The van der Waals surface area contributed by atoms with Gasteiger partial charge in [0.15, 0.2) is 0 Å². The van der Waals surface area contributed by atoms with Crippen molar-refractivity contribution in [2.45, 2.75) is 26.8 Å². The number of hydrogen-bond acceptors (Lipinski definition) is 2. The Morgan fingerprint density at radius 2 is 2.13 bits per heavy atom. The van der Waals surface area contributed by atoms with Crippen LogP contribution in [-0.4, -0.2) is 18.5 Å². The van der Waals surface area contributed by atoms with E-state index in [9.17, 15) is 4.79 Å². The molecule has 0 fully saturated rings. The molecule has 0 saturated carbocycles. The van der Waals surface area contributed by atoms with Crippen molar-refractivity contribution in [3.05, 3.63) is 34.9 Å². The van der Waals surface area contributed by atoms with Crippen molar-refractivity contribution in [2.24, 2.45) is 5.73 Å². The van der Waals surface area contributed by atoms with Crippen LogP contribution in [0.4, 0.5) is 0 Å². The molecule has 1 amide bonds. The van der Waals surface area contributed by atoms with Gasteiger partial charge in [-0.2, -0.15) is 0 Å². The smallest absolute Gasteiger partial charge is 0.251 e. The Balaban J connectivity index is 2.86. The Morgan fingerprint density at radius 1 is 1.47 bits per heavy atom. The molecule has 15 heavy (non-hydrogen) atoms. The molecule has 0 aromatic heterocycles. The molecule has 3 nitrogen and oxygen atoms in total. The van der Waals surface area contributed by atoms with Crippen LogP contribution in [-0.2, 0) is 0 Å². The summed E-state index contributed by atoms with van der Waals surface area (Å²) in [6.45, 7) is 6.25. The lowest BCUT2D eigenvalue weighted by atomic mass is 10.0. The van der Waals surface area contributed by atoms with Crippen LogP contribution in [0.25, 0.3) is 0 Å². The molecular weight excluding hydrogens is 188 g/mol. The number of aryl methyl sites for hydroxylation is 2. The third-order valence-corrected chi connectivity index (χ3v) is 2.37. The summed E-state index contributed by atoms with van der Waals surface area (Å²) in [7, 11) is 0. The third kappa shape index (κ3) is 3.06. The predicted molar refractivity (Wildman–Crippen MR) is 61.9 cm³/mol. The fourth-order valence-corrected chi connectivity index (χ4v) is 1.34. The van der Waals surface area contributed by atoms with Crippen LogP contribution in [0.2, 0.25) is 0 Å². The fraction of sp³-hybridized carbons (Fsp3) is 0.417. The average Bonchev–Trinajstić information content (AvgIpc) is 2.21. The normalized spacial score (nSPS) is 12.3. The van der Waals surface area contributed by atoms with E-state index in [2.05, 4.69) is 5.32 Å². The summed E-state index contributed by atoms with van der Waals surface area (Å²) in [6, 6.07) is 5.86. The van der Waals surface area contributed by atoms with Crippen molar-refractivity contribution in [2.75, 3.05) is 6.54 Å². The molecule has 1 aromatic rings. The van der Waals surface area contributed by atoms with Gasteiger partial charge in [0.25, 0.3) is 5.91 Å². The lowest BCUT2D eigenvalue weighted by molar-refractivity contribution is 0.0940. The van der Waals surface area contributed by atoms with Crippen LogP contribution >= 0.6 is 0 Å². The molecule has 0 aliphatic carbocycles. The van der Waals surface area contributed by atoms with Gasteiger partial charge in [-0.05, 0) is 32.4 Å². The minimum absolute atomic E-state index is 0.0115. The maximum Gasteiger partial charge on any atom is 0.251 e. The highest BCUT2D eigenvalue weighted by Crippen LogP contribution is 2.10. The summed E-state index contributed by atoms with van der Waals surface area (Å²) in [6.07, 6.45) is 0. The molecule has 0 unspecified atom stereocenters. The Labute approximate surface area is 90.7 Å². The SMILES string of the molecule is Cc1ccc(C)c(C(=O)N[C@@H](C)CN)c1. The van der Waals surface area contributed by atoms with Crippen molar-refractivity contribution < 1.29 is 4.79 Å². The first-order valence-electron chi connectivity index (χ1n) is 5.12. The molecule has 3 heteroatoms. The van der Waals surface area contributed by atoms with E-state index in [0.717, 1.165) is 16.7 Å². The van der Waals surface area contributed by atoms with Crippen LogP contribution in [0.5, 0.6) is 0 Å². The minimum atomic E-state index is -0.0471. The van der Waals surface area contributed by atoms with E-state index in [1.54, 1.807) is 0 Å². The van der Waals surface area contributed by atoms with Gasteiger partial charge in [-0.3, -0.25) is 4.79 Å². The van der Waals surface area contributed by atoms with Crippen molar-refractivity contribution in [1.82, 2.24) is 5.32 Å². The zero-order valence-electron chi connectivity index (χ0n) is 9.50. The van der Waals surface area contributed by atoms with Gasteiger partial charge in [0.05, 0.1) is 0 Å². The Morgan fingerprint density at radius 3 is 2.73 bits per heavy atom. The third-order valence-electron chi connectivity index (χ3n) is 2.37. The molecule has 0 spiro atoms. The highest BCUT2D eigenvalue weighted by molar-refractivity contribution is 5.95. The van der Waals surface area contributed by atoms with Crippen LogP contribution in [0, 0.1) is 13.8 Å². The van der Waals surface area contributed by atoms with Gasteiger partial charge < -0.3 is 11.1 Å². The van der Waals surface area contributed by atoms with Gasteiger partial charge in [0.1, 0.15) is 0 Å². The topological polar surface area (TPSA) is 55.1 Å². The fourth-order valence-electron chi connectivity index (χ4n) is 1.34. The first-order chi connectivity index (χ1) is 7.04. The summed E-state index contributed by atoms with van der Waals surface area (Å²) in [4.78, 5) is 11.8. The van der Waals surface area contributed by atoms with Gasteiger partial charge in [-0.1, -0.05) is 17.7 Å². The second kappa shape index (κ2) is 4.94. The van der Waals surface area contributed by atoms with Gasteiger partial charge in [0, 0.05) is 18.2 Å². The van der Waals surface area contributed by atoms with E-state index in [0.29, 0.717) is 6.54 Å². The average molecular weight is 206 g/mol. The van der Waals surface area contributed by atoms with Crippen molar-refractivity contribution in [3.8, 4) is 0 Å². The van der Waals surface area contributed by atoms with E-state index in [1.807, 2.05) is 39.0 Å². The maximum absolute atomic E-state index is 11.8. The Bertz CT molecular complexity index is 361. The van der Waals surface area contributed by atoms with Gasteiger partial charge in [-0.25, -0.2) is 0 Å². The van der Waals surface area contributed by atoms with Gasteiger partial charge in [-0.15, -0.1) is 0 Å². The van der Waals surface area contributed by atoms with Crippen molar-refractivity contribution >= 4 is 5.91 Å². The van der Waals surface area contributed by atoms with E-state index in [-0.39, 0.29) is 11.9 Å². The lowest BCUT2D eigenvalue weighted by Crippen LogP contribution is -2.38. The zero-order valence-corrected chi connectivity index (χ0v) is 9.50. The number of nitrogens with one attached hydrogen (secondary N) is 1. The second-order valence-electron chi connectivity index (χ2n) is 3.93. The molecule has 1 aromatic carbocycles. The Hall–Kier alpha value is -1.35. The van der Waals surface area contributed by atoms with Crippen molar-refractivity contribution in [1.29, 1.82) is 0 Å². The van der Waals surface area contributed by atoms with Crippen molar-refractivity contribution in [3.63, 3.8) is 0 Å². The molecule has 0 saturated heterocycles. The molecule has 82 valence electrons. The molecule has 0 bridgehead atoms. The van der Waals surface area contributed by atoms with E-state index in [4.69, 9.17) is 5.73 Å². The molecule has 0 radical (unpaired) electrons. The van der Waals surface area contributed by atoms with Crippen LogP contribution < -0.4 is 11.1 Å². The molecule has 0 aliphatic heterocycles. The molecule has 0 aliphatic rings. The highest BCUT2D eigenvalue weighted by atomic mass is 16.1. The summed E-state index contributed by atoms with van der Waals surface area (Å²) >= 11 is 0. The number of carbonyl (C=O) groups excluding carboxylic acids is 1. The number of benzene rings is 1. The highest BCUT2D eigenvalue weighted by Gasteiger charge is 2.10. The minimum Gasteiger partial charge on any atom is -0.348 e. The first-order valence-corrected chi connectivity index (χ1v) is 5.12. The summed E-state index contributed by atoms with van der Waals surface area (Å²) in [5.74, 6) is -0.0471. The monoisotopic (exact) mass is 206 g/mol.